The van der Waals surface area contributed by atoms with Crippen molar-refractivity contribution in [1.82, 2.24) is 10.6 Å². The van der Waals surface area contributed by atoms with Crippen LogP contribution in [0.2, 0.25) is 0 Å². The lowest BCUT2D eigenvalue weighted by molar-refractivity contribution is 0.252. The van der Waals surface area contributed by atoms with E-state index in [4.69, 9.17) is 0 Å². The van der Waals surface area contributed by atoms with Crippen molar-refractivity contribution in [2.24, 2.45) is 11.8 Å². The first-order valence-corrected chi connectivity index (χ1v) is 17.3. The van der Waals surface area contributed by atoms with Crippen molar-refractivity contribution < 1.29 is 0 Å². The highest BCUT2D eigenvalue weighted by atomic mass is 35.5. The van der Waals surface area contributed by atoms with Gasteiger partial charge in [0.2, 0.25) is 0 Å². The van der Waals surface area contributed by atoms with Crippen molar-refractivity contribution in [1.29, 1.82) is 0 Å². The molecule has 4 heteroatoms. The van der Waals surface area contributed by atoms with Gasteiger partial charge >= 0.3 is 0 Å². The third-order valence-corrected chi connectivity index (χ3v) is 9.22. The fourth-order valence-electron chi connectivity index (χ4n) is 6.73. The Bertz CT molecular complexity index is 831. The maximum atomic E-state index is 3.86. The molecular formula is C38H64Cl2N2. The van der Waals surface area contributed by atoms with Crippen molar-refractivity contribution in [2.75, 3.05) is 13.1 Å². The van der Waals surface area contributed by atoms with Crippen LogP contribution in [0.4, 0.5) is 0 Å². The van der Waals surface area contributed by atoms with Crippen molar-refractivity contribution in [3.8, 4) is 0 Å². The average Bonchev–Trinajstić information content (AvgIpc) is 2.98. The number of benzene rings is 2. The van der Waals surface area contributed by atoms with Gasteiger partial charge in [-0.05, 0) is 92.1 Å². The lowest BCUT2D eigenvalue weighted by Crippen LogP contribution is -2.31. The fourth-order valence-corrected chi connectivity index (χ4v) is 6.73. The quantitative estimate of drug-likeness (QED) is 0.128. The van der Waals surface area contributed by atoms with Gasteiger partial charge in [-0.25, -0.2) is 0 Å². The van der Waals surface area contributed by atoms with Gasteiger partial charge in [-0.1, -0.05) is 133 Å². The molecule has 3 rings (SSSR count). The predicted molar refractivity (Wildman–Crippen MR) is 190 cm³/mol. The summed E-state index contributed by atoms with van der Waals surface area (Å²) in [6.07, 6.45) is 24.5. The van der Waals surface area contributed by atoms with Gasteiger partial charge in [0.25, 0.3) is 0 Å². The molecular weight excluding hydrogens is 555 g/mol. The standard InChI is InChI=1S/C38H62N2.2ClH/c1-3-5-7-9-11-13-22-35-24-15-17-26-37(35)31-39-29-33-20-19-21-34(28-33)30-40-32-38-27-18-16-25-36(38)23-14-12-10-8-6-4-2;;/h15-18,24-27,33-34,39-40H,3-14,19-23,28-32H2,1-2H3;2*1H. The van der Waals surface area contributed by atoms with Crippen LogP contribution >= 0.6 is 24.8 Å². The van der Waals surface area contributed by atoms with Crippen LogP contribution in [0, 0.1) is 11.8 Å². The van der Waals surface area contributed by atoms with Crippen LogP contribution in [0.25, 0.3) is 0 Å². The smallest absolute Gasteiger partial charge is 0.0208 e. The number of rotatable bonds is 22. The molecule has 2 nitrogen and oxygen atoms in total. The van der Waals surface area contributed by atoms with Gasteiger partial charge in [-0.15, -0.1) is 24.8 Å². The molecule has 2 N–H and O–H groups in total. The van der Waals surface area contributed by atoms with Gasteiger partial charge in [0, 0.05) is 13.1 Å². The molecule has 1 saturated carbocycles. The summed E-state index contributed by atoms with van der Waals surface area (Å²) in [5, 5.41) is 7.71. The molecule has 1 fully saturated rings. The molecule has 42 heavy (non-hydrogen) atoms. The summed E-state index contributed by atoms with van der Waals surface area (Å²) in [5.74, 6) is 1.65. The van der Waals surface area contributed by atoms with Crippen LogP contribution in [0.1, 0.15) is 139 Å². The minimum Gasteiger partial charge on any atom is -0.312 e. The minimum absolute atomic E-state index is 0. The molecule has 0 aliphatic heterocycles. The molecule has 0 radical (unpaired) electrons. The van der Waals surface area contributed by atoms with Crippen LogP contribution in [0.3, 0.4) is 0 Å². The summed E-state index contributed by atoms with van der Waals surface area (Å²) in [4.78, 5) is 0. The van der Waals surface area contributed by atoms with Crippen LogP contribution in [0.15, 0.2) is 48.5 Å². The van der Waals surface area contributed by atoms with Gasteiger partial charge in [-0.3, -0.25) is 0 Å². The first kappa shape index (κ1) is 39.0. The highest BCUT2D eigenvalue weighted by molar-refractivity contribution is 5.85. The first-order valence-electron chi connectivity index (χ1n) is 17.3. The zero-order chi connectivity index (χ0) is 28.1. The molecule has 0 aromatic heterocycles. The number of hydrogen-bond acceptors (Lipinski definition) is 2. The maximum Gasteiger partial charge on any atom is 0.0208 e. The predicted octanol–water partition coefficient (Wildman–Crippen LogP) is 11.0. The molecule has 0 heterocycles. The Morgan fingerprint density at radius 2 is 0.905 bits per heavy atom. The molecule has 2 aromatic carbocycles. The summed E-state index contributed by atoms with van der Waals surface area (Å²) in [5.41, 5.74) is 6.16. The third-order valence-electron chi connectivity index (χ3n) is 9.22. The van der Waals surface area contributed by atoms with E-state index in [1.165, 1.54) is 140 Å². The Labute approximate surface area is 272 Å². The summed E-state index contributed by atoms with van der Waals surface area (Å²) < 4.78 is 0. The summed E-state index contributed by atoms with van der Waals surface area (Å²) in [7, 11) is 0. The van der Waals surface area contributed by atoms with E-state index in [-0.39, 0.29) is 24.8 Å². The van der Waals surface area contributed by atoms with Crippen molar-refractivity contribution in [2.45, 2.75) is 143 Å². The van der Waals surface area contributed by atoms with E-state index in [9.17, 15) is 0 Å². The zero-order valence-electron chi connectivity index (χ0n) is 27.1. The van der Waals surface area contributed by atoms with Crippen molar-refractivity contribution >= 4 is 24.8 Å². The zero-order valence-corrected chi connectivity index (χ0v) is 28.8. The summed E-state index contributed by atoms with van der Waals surface area (Å²) in [6, 6.07) is 18.3. The third kappa shape index (κ3) is 16.1. The number of halogens is 2. The average molecular weight is 620 g/mol. The van der Waals surface area contributed by atoms with Gasteiger partial charge < -0.3 is 10.6 Å². The molecule has 0 spiro atoms. The molecule has 0 amide bonds. The second kappa shape index (κ2) is 25.3. The van der Waals surface area contributed by atoms with Gasteiger partial charge in [0.1, 0.15) is 0 Å². The molecule has 0 bridgehead atoms. The maximum absolute atomic E-state index is 3.86. The molecule has 2 unspecified atom stereocenters. The lowest BCUT2D eigenvalue weighted by atomic mass is 9.81. The Morgan fingerprint density at radius 3 is 1.33 bits per heavy atom. The van der Waals surface area contributed by atoms with E-state index in [0.29, 0.717) is 0 Å². The summed E-state index contributed by atoms with van der Waals surface area (Å²) in [6.45, 7) is 8.99. The second-order valence-electron chi connectivity index (χ2n) is 12.7. The summed E-state index contributed by atoms with van der Waals surface area (Å²) >= 11 is 0. The monoisotopic (exact) mass is 618 g/mol. The van der Waals surface area contributed by atoms with E-state index >= 15 is 0 Å². The van der Waals surface area contributed by atoms with E-state index in [2.05, 4.69) is 73.0 Å². The van der Waals surface area contributed by atoms with Crippen LogP contribution < -0.4 is 10.6 Å². The number of nitrogens with one attached hydrogen (secondary N) is 2. The molecule has 1 aliphatic rings. The second-order valence-corrected chi connectivity index (χ2v) is 12.7. The molecule has 0 saturated heterocycles. The largest absolute Gasteiger partial charge is 0.312 e. The number of unbranched alkanes of at least 4 members (excludes halogenated alkanes) is 10. The SMILES string of the molecule is CCCCCCCCc1ccccc1CNCC1CCCC(CNCc2ccccc2CCCCCCCC)C1.Cl.Cl. The molecule has 2 atom stereocenters. The lowest BCUT2D eigenvalue weighted by Gasteiger charge is -2.30. The van der Waals surface area contributed by atoms with E-state index in [1.54, 1.807) is 11.1 Å². The molecule has 1 aliphatic carbocycles. The Balaban J connectivity index is 0.00000441. The van der Waals surface area contributed by atoms with Crippen LogP contribution in [0.5, 0.6) is 0 Å². The number of hydrogen-bond donors (Lipinski definition) is 2. The van der Waals surface area contributed by atoms with Gasteiger partial charge in [0.05, 0.1) is 0 Å². The van der Waals surface area contributed by atoms with E-state index in [0.717, 1.165) is 24.9 Å². The first-order chi connectivity index (χ1) is 19.8. The van der Waals surface area contributed by atoms with E-state index in [1.807, 2.05) is 0 Å². The van der Waals surface area contributed by atoms with Gasteiger partial charge in [0.15, 0.2) is 0 Å². The highest BCUT2D eigenvalue weighted by Crippen LogP contribution is 2.28. The van der Waals surface area contributed by atoms with Crippen LogP contribution in [-0.4, -0.2) is 13.1 Å². The van der Waals surface area contributed by atoms with Crippen LogP contribution in [-0.2, 0) is 25.9 Å². The van der Waals surface area contributed by atoms with Gasteiger partial charge in [-0.2, -0.15) is 0 Å². The molecule has 2 aromatic rings. The Hall–Kier alpha value is -1.06. The number of aryl methyl sites for hydroxylation is 2. The Kier molecular flexibility index (Phi) is 23.5. The minimum atomic E-state index is 0. The van der Waals surface area contributed by atoms with Crippen molar-refractivity contribution in [3.05, 3.63) is 70.8 Å². The fraction of sp³-hybridized carbons (Fsp3) is 0.684. The highest BCUT2D eigenvalue weighted by Gasteiger charge is 2.21. The normalized spacial score (nSPS) is 16.5. The Morgan fingerprint density at radius 1 is 0.524 bits per heavy atom. The topological polar surface area (TPSA) is 24.1 Å². The molecule has 240 valence electrons. The van der Waals surface area contributed by atoms with E-state index < -0.39 is 0 Å². The van der Waals surface area contributed by atoms with Crippen molar-refractivity contribution in [3.63, 3.8) is 0 Å².